The summed E-state index contributed by atoms with van der Waals surface area (Å²) in [5.41, 5.74) is 3.24. The molecule has 0 heterocycles. The van der Waals surface area contributed by atoms with E-state index < -0.39 is 5.97 Å². The first-order valence-electron chi connectivity index (χ1n) is 6.45. The van der Waals surface area contributed by atoms with Crippen molar-refractivity contribution in [3.8, 4) is 0 Å². The van der Waals surface area contributed by atoms with Crippen molar-refractivity contribution in [2.45, 2.75) is 25.7 Å². The van der Waals surface area contributed by atoms with Crippen LogP contribution >= 0.6 is 0 Å². The molecule has 3 heteroatoms. The van der Waals surface area contributed by atoms with Crippen LogP contribution in [0.15, 0.2) is 30.3 Å². The maximum Gasteiger partial charge on any atom is 0.303 e. The number of hydrogen-bond donors (Lipinski definition) is 1. The summed E-state index contributed by atoms with van der Waals surface area (Å²) in [5.74, 6) is -1.02. The lowest BCUT2D eigenvalue weighted by molar-refractivity contribution is -0.136. The summed E-state index contributed by atoms with van der Waals surface area (Å²) in [6.45, 7) is 0. The van der Waals surface area contributed by atoms with Crippen molar-refractivity contribution in [3.63, 3.8) is 0 Å². The molecule has 0 saturated heterocycles. The molecule has 1 aliphatic rings. The van der Waals surface area contributed by atoms with Gasteiger partial charge < -0.3 is 5.11 Å². The lowest BCUT2D eigenvalue weighted by Gasteiger charge is -2.07. The molecule has 96 valence electrons. The monoisotopic (exact) mass is 254 g/mol. The number of rotatable bonds is 4. The van der Waals surface area contributed by atoms with Crippen molar-refractivity contribution < 1.29 is 14.7 Å². The fraction of sp³-hybridized carbons (Fsp3) is 0.250. The average molecular weight is 254 g/mol. The van der Waals surface area contributed by atoms with Crippen molar-refractivity contribution in [2.75, 3.05) is 0 Å². The van der Waals surface area contributed by atoms with E-state index in [0.29, 0.717) is 5.56 Å². The lowest BCUT2D eigenvalue weighted by atomic mass is 9.96. The van der Waals surface area contributed by atoms with Gasteiger partial charge in [0.1, 0.15) is 0 Å². The Morgan fingerprint density at radius 2 is 1.74 bits per heavy atom. The highest BCUT2D eigenvalue weighted by Crippen LogP contribution is 2.33. The zero-order valence-corrected chi connectivity index (χ0v) is 10.5. The smallest absolute Gasteiger partial charge is 0.303 e. The van der Waals surface area contributed by atoms with Crippen molar-refractivity contribution in [3.05, 3.63) is 47.0 Å². The van der Waals surface area contributed by atoms with E-state index in [0.717, 1.165) is 18.2 Å². The summed E-state index contributed by atoms with van der Waals surface area (Å²) < 4.78 is 0. The van der Waals surface area contributed by atoms with Gasteiger partial charge in [0.25, 0.3) is 0 Å². The van der Waals surface area contributed by atoms with Gasteiger partial charge in [-0.15, -0.1) is 0 Å². The third kappa shape index (κ3) is 2.01. The largest absolute Gasteiger partial charge is 0.481 e. The maximum absolute atomic E-state index is 12.1. The van der Waals surface area contributed by atoms with Crippen LogP contribution in [0.5, 0.6) is 0 Å². The second-order valence-electron chi connectivity index (χ2n) is 4.93. The molecule has 0 unspecified atom stereocenters. The zero-order chi connectivity index (χ0) is 13.4. The number of aryl methyl sites for hydroxylation is 2. The molecule has 1 aliphatic carbocycles. The molecule has 2 aromatic rings. The second-order valence-corrected chi connectivity index (χ2v) is 4.93. The number of carboxylic acid groups (broad SMARTS) is 1. The number of Topliss-reactive ketones (excluding diaryl/α,β-unsaturated/α-hetero) is 1. The van der Waals surface area contributed by atoms with E-state index in [2.05, 4.69) is 6.07 Å². The van der Waals surface area contributed by atoms with Gasteiger partial charge >= 0.3 is 5.97 Å². The molecule has 2 aromatic carbocycles. The predicted octanol–water partition coefficient (Wildman–Crippen LogP) is 2.99. The van der Waals surface area contributed by atoms with E-state index in [4.69, 9.17) is 5.11 Å². The first-order valence-corrected chi connectivity index (χ1v) is 6.45. The van der Waals surface area contributed by atoms with E-state index in [1.807, 2.05) is 24.3 Å². The van der Waals surface area contributed by atoms with Crippen LogP contribution < -0.4 is 0 Å². The average Bonchev–Trinajstić information content (AvgIpc) is 2.82. The van der Waals surface area contributed by atoms with Gasteiger partial charge in [-0.05, 0) is 34.7 Å². The van der Waals surface area contributed by atoms with Crippen molar-refractivity contribution in [1.29, 1.82) is 0 Å². The Balaban J connectivity index is 2.06. The molecule has 0 spiro atoms. The summed E-state index contributed by atoms with van der Waals surface area (Å²) in [6.07, 6.45) is 2.01. The first kappa shape index (κ1) is 11.9. The Kier molecular flexibility index (Phi) is 2.82. The van der Waals surface area contributed by atoms with Crippen LogP contribution in [0, 0.1) is 0 Å². The van der Waals surface area contributed by atoms with Crippen molar-refractivity contribution in [1.82, 2.24) is 0 Å². The van der Waals surface area contributed by atoms with Crippen LogP contribution in [0.4, 0.5) is 0 Å². The predicted molar refractivity (Wildman–Crippen MR) is 72.6 cm³/mol. The van der Waals surface area contributed by atoms with Gasteiger partial charge in [0.05, 0.1) is 6.42 Å². The Labute approximate surface area is 110 Å². The summed E-state index contributed by atoms with van der Waals surface area (Å²) in [6, 6.07) is 9.89. The van der Waals surface area contributed by atoms with Gasteiger partial charge in [0.15, 0.2) is 5.78 Å². The van der Waals surface area contributed by atoms with Crippen LogP contribution in [0.2, 0.25) is 0 Å². The molecular formula is C16H14O3. The molecule has 0 aromatic heterocycles. The summed E-state index contributed by atoms with van der Waals surface area (Å²) in [5, 5.41) is 10.8. The Hall–Kier alpha value is -2.16. The third-order valence-electron chi connectivity index (χ3n) is 3.74. The fourth-order valence-electron chi connectivity index (χ4n) is 2.85. The molecule has 3 nitrogen and oxygen atoms in total. The van der Waals surface area contributed by atoms with Gasteiger partial charge in [-0.2, -0.15) is 0 Å². The molecule has 3 rings (SSSR count). The highest BCUT2D eigenvalue weighted by atomic mass is 16.4. The highest BCUT2D eigenvalue weighted by Gasteiger charge is 2.18. The van der Waals surface area contributed by atoms with Crippen LogP contribution in [0.25, 0.3) is 10.8 Å². The summed E-state index contributed by atoms with van der Waals surface area (Å²) in [7, 11) is 0. The fourth-order valence-corrected chi connectivity index (χ4v) is 2.85. The topological polar surface area (TPSA) is 54.4 Å². The number of ketones is 1. The Bertz CT molecular complexity index is 675. The van der Waals surface area contributed by atoms with E-state index >= 15 is 0 Å². The molecule has 0 saturated carbocycles. The lowest BCUT2D eigenvalue weighted by Crippen LogP contribution is -2.04. The molecule has 19 heavy (non-hydrogen) atoms. The van der Waals surface area contributed by atoms with Gasteiger partial charge in [-0.3, -0.25) is 9.59 Å². The molecular weight excluding hydrogens is 240 g/mol. The van der Waals surface area contributed by atoms with Gasteiger partial charge in [0, 0.05) is 12.0 Å². The molecule has 0 bridgehead atoms. The normalized spacial score (nSPS) is 12.8. The number of carbonyl (C=O) groups excluding carboxylic acids is 1. The number of carbonyl (C=O) groups is 2. The van der Waals surface area contributed by atoms with Crippen molar-refractivity contribution >= 4 is 22.5 Å². The molecule has 0 aliphatic heterocycles. The van der Waals surface area contributed by atoms with Crippen LogP contribution in [-0.2, 0) is 17.6 Å². The Morgan fingerprint density at radius 3 is 2.47 bits per heavy atom. The molecule has 0 amide bonds. The minimum Gasteiger partial charge on any atom is -0.481 e. The second kappa shape index (κ2) is 4.50. The number of hydrogen-bond acceptors (Lipinski definition) is 2. The number of aliphatic carboxylic acids is 1. The van der Waals surface area contributed by atoms with Crippen molar-refractivity contribution in [2.24, 2.45) is 0 Å². The number of carboxylic acids is 1. The van der Waals surface area contributed by atoms with Crippen LogP contribution in [0.1, 0.15) is 34.3 Å². The molecule has 0 radical (unpaired) electrons. The van der Waals surface area contributed by atoms with Crippen LogP contribution in [0.3, 0.4) is 0 Å². The van der Waals surface area contributed by atoms with Gasteiger partial charge in [0.2, 0.25) is 0 Å². The zero-order valence-electron chi connectivity index (χ0n) is 10.5. The summed E-state index contributed by atoms with van der Waals surface area (Å²) in [4.78, 5) is 22.7. The quantitative estimate of drug-likeness (QED) is 0.853. The molecule has 0 fully saturated rings. The third-order valence-corrected chi connectivity index (χ3v) is 3.74. The van der Waals surface area contributed by atoms with E-state index in [1.54, 1.807) is 0 Å². The van der Waals surface area contributed by atoms with Crippen LogP contribution in [-0.4, -0.2) is 16.9 Å². The number of benzene rings is 2. The minimum absolute atomic E-state index is 0.0635. The first-order chi connectivity index (χ1) is 9.16. The Morgan fingerprint density at radius 1 is 1.00 bits per heavy atom. The maximum atomic E-state index is 12.1. The van der Waals surface area contributed by atoms with E-state index in [9.17, 15) is 9.59 Å². The van der Waals surface area contributed by atoms with Gasteiger partial charge in [-0.1, -0.05) is 30.3 Å². The highest BCUT2D eigenvalue weighted by molar-refractivity contribution is 6.10. The van der Waals surface area contributed by atoms with E-state index in [-0.39, 0.29) is 18.6 Å². The standard InChI is InChI=1S/C16H14O3/c17-14(8-9-15(18)19)12-7-6-11-5-4-10-2-1-3-13(12)16(10)11/h1-3,6-7H,4-5,8-9H2,(H,18,19). The molecule has 1 N–H and O–H groups in total. The SMILES string of the molecule is O=C(O)CCC(=O)c1ccc2c3c(cccc13)CC2. The molecule has 0 atom stereocenters. The minimum atomic E-state index is -0.931. The van der Waals surface area contributed by atoms with E-state index in [1.165, 1.54) is 16.5 Å². The summed E-state index contributed by atoms with van der Waals surface area (Å²) >= 11 is 0. The van der Waals surface area contributed by atoms with Gasteiger partial charge in [-0.25, -0.2) is 0 Å².